The summed E-state index contributed by atoms with van der Waals surface area (Å²) in [6.07, 6.45) is 2.87. The van der Waals surface area contributed by atoms with Crippen molar-refractivity contribution in [2.45, 2.75) is 37.5 Å². The average Bonchev–Trinajstić information content (AvgIpc) is 3.58. The van der Waals surface area contributed by atoms with Gasteiger partial charge in [0.05, 0.1) is 13.7 Å². The zero-order valence-electron chi connectivity index (χ0n) is 20.0. The Bertz CT molecular complexity index is 1090. The van der Waals surface area contributed by atoms with Gasteiger partial charge < -0.3 is 19.3 Å². The third kappa shape index (κ3) is 4.38. The molecule has 0 bridgehead atoms. The van der Waals surface area contributed by atoms with Gasteiger partial charge >= 0.3 is 0 Å². The predicted octanol–water partition coefficient (Wildman–Crippen LogP) is 2.79. The van der Waals surface area contributed by atoms with Crippen LogP contribution in [0.5, 0.6) is 5.75 Å². The van der Waals surface area contributed by atoms with Gasteiger partial charge in [0, 0.05) is 50.1 Å². The van der Waals surface area contributed by atoms with Crippen LogP contribution < -0.4 is 4.74 Å². The summed E-state index contributed by atoms with van der Waals surface area (Å²) >= 11 is 0. The molecule has 0 radical (unpaired) electrons. The van der Waals surface area contributed by atoms with E-state index >= 15 is 0 Å². The Hall–Kier alpha value is -3.39. The lowest BCUT2D eigenvalue weighted by atomic mass is 9.96. The number of benzene rings is 2. The highest BCUT2D eigenvalue weighted by Gasteiger charge is 2.55. The molecule has 35 heavy (non-hydrogen) atoms. The molecule has 0 aromatic heterocycles. The summed E-state index contributed by atoms with van der Waals surface area (Å²) in [5.41, 5.74) is 0.191. The van der Waals surface area contributed by atoms with Crippen molar-refractivity contribution in [2.24, 2.45) is 0 Å². The van der Waals surface area contributed by atoms with Crippen molar-refractivity contribution in [1.29, 1.82) is 0 Å². The molecule has 0 aliphatic carbocycles. The molecule has 0 saturated carbocycles. The van der Waals surface area contributed by atoms with E-state index in [2.05, 4.69) is 0 Å². The van der Waals surface area contributed by atoms with Crippen molar-refractivity contribution in [1.82, 2.24) is 14.7 Å². The van der Waals surface area contributed by atoms with E-state index in [-0.39, 0.29) is 24.3 Å². The van der Waals surface area contributed by atoms with Crippen LogP contribution in [0.1, 0.15) is 46.4 Å². The summed E-state index contributed by atoms with van der Waals surface area (Å²) in [5.74, 6) is 0.306. The summed E-state index contributed by atoms with van der Waals surface area (Å²) < 4.78 is 11.6. The maximum atomic E-state index is 13.7. The van der Waals surface area contributed by atoms with Crippen LogP contribution in [0.15, 0.2) is 54.6 Å². The van der Waals surface area contributed by atoms with Crippen molar-refractivity contribution >= 4 is 17.7 Å². The van der Waals surface area contributed by atoms with Gasteiger partial charge in [-0.1, -0.05) is 24.3 Å². The molecular weight excluding hydrogens is 446 g/mol. The first-order valence-electron chi connectivity index (χ1n) is 12.3. The van der Waals surface area contributed by atoms with Gasteiger partial charge in [0.15, 0.2) is 0 Å². The second-order valence-corrected chi connectivity index (χ2v) is 9.37. The van der Waals surface area contributed by atoms with Crippen LogP contribution in [0, 0.1) is 0 Å². The number of amides is 3. The first-order valence-corrected chi connectivity index (χ1v) is 12.3. The Morgan fingerprint density at radius 2 is 1.54 bits per heavy atom. The first-order chi connectivity index (χ1) is 17.0. The molecule has 1 unspecified atom stereocenters. The standard InChI is InChI=1S/C27H31N3O5/c1-34-22-11-7-10-21(18-22)24(31)29-16-12-27(13-17-29)30(25(32)20-8-3-2-4-9-20)23(19-35-27)26(33)28-14-5-6-15-28/h2-4,7-11,18,23H,5-6,12-17,19H2,1H3. The molecule has 3 amide bonds. The lowest BCUT2D eigenvalue weighted by molar-refractivity contribution is -0.136. The number of ether oxygens (including phenoxy) is 2. The minimum Gasteiger partial charge on any atom is -0.497 e. The van der Waals surface area contributed by atoms with Gasteiger partial charge in [0.25, 0.3) is 11.8 Å². The molecule has 8 nitrogen and oxygen atoms in total. The minimum atomic E-state index is -0.905. The number of carbonyl (C=O) groups is 3. The van der Waals surface area contributed by atoms with Crippen LogP contribution in [-0.2, 0) is 9.53 Å². The minimum absolute atomic E-state index is 0.0430. The second-order valence-electron chi connectivity index (χ2n) is 9.37. The third-order valence-electron chi connectivity index (χ3n) is 7.35. The number of hydrogen-bond acceptors (Lipinski definition) is 5. The molecule has 1 spiro atoms. The molecule has 8 heteroatoms. The molecule has 2 aromatic carbocycles. The molecule has 1 atom stereocenters. The van der Waals surface area contributed by atoms with Gasteiger partial charge in [0.1, 0.15) is 17.5 Å². The Labute approximate surface area is 205 Å². The van der Waals surface area contributed by atoms with Gasteiger partial charge in [-0.15, -0.1) is 0 Å². The highest BCUT2D eigenvalue weighted by molar-refractivity contribution is 5.98. The van der Waals surface area contributed by atoms with Crippen LogP contribution in [0.4, 0.5) is 0 Å². The number of hydrogen-bond donors (Lipinski definition) is 0. The maximum Gasteiger partial charge on any atom is 0.256 e. The topological polar surface area (TPSA) is 79.4 Å². The number of nitrogens with zero attached hydrogens (tertiary/aromatic N) is 3. The number of rotatable bonds is 4. The molecule has 3 aliphatic heterocycles. The fourth-order valence-corrected chi connectivity index (χ4v) is 5.42. The van der Waals surface area contributed by atoms with Crippen molar-refractivity contribution in [3.63, 3.8) is 0 Å². The summed E-state index contributed by atoms with van der Waals surface area (Å²) in [4.78, 5) is 45.6. The molecule has 2 aromatic rings. The van der Waals surface area contributed by atoms with E-state index in [0.29, 0.717) is 42.8 Å². The lowest BCUT2D eigenvalue weighted by Gasteiger charge is -2.44. The Morgan fingerprint density at radius 3 is 2.23 bits per heavy atom. The van der Waals surface area contributed by atoms with Crippen LogP contribution in [0.25, 0.3) is 0 Å². The van der Waals surface area contributed by atoms with Crippen molar-refractivity contribution in [2.75, 3.05) is 39.9 Å². The monoisotopic (exact) mass is 477 g/mol. The first kappa shape index (κ1) is 23.4. The summed E-state index contributed by atoms with van der Waals surface area (Å²) in [6, 6.07) is 15.5. The van der Waals surface area contributed by atoms with Crippen molar-refractivity contribution in [3.05, 3.63) is 65.7 Å². The molecule has 3 fully saturated rings. The fourth-order valence-electron chi connectivity index (χ4n) is 5.42. The van der Waals surface area contributed by atoms with E-state index in [1.54, 1.807) is 53.3 Å². The van der Waals surface area contributed by atoms with E-state index < -0.39 is 11.8 Å². The van der Waals surface area contributed by atoms with Crippen LogP contribution >= 0.6 is 0 Å². The number of likely N-dealkylation sites (tertiary alicyclic amines) is 2. The molecule has 3 heterocycles. The Morgan fingerprint density at radius 1 is 0.857 bits per heavy atom. The van der Waals surface area contributed by atoms with E-state index in [1.165, 1.54) is 0 Å². The Kier molecular flexibility index (Phi) is 6.47. The molecule has 3 aliphatic rings. The van der Waals surface area contributed by atoms with Crippen LogP contribution in [-0.4, -0.2) is 84.1 Å². The predicted molar refractivity (Wildman–Crippen MR) is 129 cm³/mol. The number of carbonyl (C=O) groups excluding carboxylic acids is 3. The zero-order valence-corrected chi connectivity index (χ0v) is 20.0. The second kappa shape index (κ2) is 9.70. The fraction of sp³-hybridized carbons (Fsp3) is 0.444. The van der Waals surface area contributed by atoms with Gasteiger partial charge in [-0.3, -0.25) is 19.3 Å². The summed E-state index contributed by atoms with van der Waals surface area (Å²) in [5, 5.41) is 0. The van der Waals surface area contributed by atoms with E-state index in [1.807, 2.05) is 23.1 Å². The summed E-state index contributed by atoms with van der Waals surface area (Å²) in [7, 11) is 1.57. The van der Waals surface area contributed by atoms with Crippen molar-refractivity contribution < 1.29 is 23.9 Å². The van der Waals surface area contributed by atoms with E-state index in [0.717, 1.165) is 25.9 Å². The van der Waals surface area contributed by atoms with Crippen LogP contribution in [0.3, 0.4) is 0 Å². The molecule has 184 valence electrons. The van der Waals surface area contributed by atoms with Crippen LogP contribution in [0.2, 0.25) is 0 Å². The highest BCUT2D eigenvalue weighted by atomic mass is 16.5. The maximum absolute atomic E-state index is 13.7. The molecule has 5 rings (SSSR count). The molecular formula is C27H31N3O5. The molecule has 3 saturated heterocycles. The third-order valence-corrected chi connectivity index (χ3v) is 7.35. The Balaban J connectivity index is 1.38. The van der Waals surface area contributed by atoms with Gasteiger partial charge in [0.2, 0.25) is 5.91 Å². The van der Waals surface area contributed by atoms with E-state index in [9.17, 15) is 14.4 Å². The molecule has 0 N–H and O–H groups in total. The normalized spacial score (nSPS) is 21.4. The van der Waals surface area contributed by atoms with Crippen molar-refractivity contribution in [3.8, 4) is 5.75 Å². The number of methoxy groups -OCH3 is 1. The van der Waals surface area contributed by atoms with Gasteiger partial charge in [-0.2, -0.15) is 0 Å². The average molecular weight is 478 g/mol. The van der Waals surface area contributed by atoms with Gasteiger partial charge in [-0.25, -0.2) is 0 Å². The van der Waals surface area contributed by atoms with Gasteiger partial charge in [-0.05, 0) is 43.2 Å². The lowest BCUT2D eigenvalue weighted by Crippen LogP contribution is -2.60. The largest absolute Gasteiger partial charge is 0.497 e. The number of piperidine rings is 1. The highest BCUT2D eigenvalue weighted by Crippen LogP contribution is 2.39. The summed E-state index contributed by atoms with van der Waals surface area (Å²) in [6.45, 7) is 2.48. The zero-order chi connectivity index (χ0) is 24.4. The SMILES string of the molecule is COc1cccc(C(=O)N2CCC3(CC2)OCC(C(=O)N2CCCC2)N3C(=O)c2ccccc2)c1. The van der Waals surface area contributed by atoms with E-state index in [4.69, 9.17) is 9.47 Å². The quantitative estimate of drug-likeness (QED) is 0.677. The smallest absolute Gasteiger partial charge is 0.256 e.